The highest BCUT2D eigenvalue weighted by Crippen LogP contribution is 2.60. The van der Waals surface area contributed by atoms with E-state index in [9.17, 15) is 0 Å². The van der Waals surface area contributed by atoms with Crippen molar-refractivity contribution in [1.82, 2.24) is 0 Å². The number of allylic oxidation sites excluding steroid dienone is 6. The van der Waals surface area contributed by atoms with Gasteiger partial charge in [0.15, 0.2) is 0 Å². The first kappa shape index (κ1) is 19.7. The average Bonchev–Trinajstić information content (AvgIpc) is 3.03. The molecule has 26 heavy (non-hydrogen) atoms. The van der Waals surface area contributed by atoms with Gasteiger partial charge in [-0.05, 0) is 82.8 Å². The summed E-state index contributed by atoms with van der Waals surface area (Å²) in [6, 6.07) is 0. The maximum atomic E-state index is 6.63. The second-order valence-corrected chi connectivity index (χ2v) is 10.1. The Morgan fingerprint density at radius 2 is 1.19 bits per heavy atom. The van der Waals surface area contributed by atoms with E-state index in [0.29, 0.717) is 5.92 Å². The number of rotatable bonds is 2. The first-order valence-corrected chi connectivity index (χ1v) is 10.2. The number of hydrogen-bond acceptors (Lipinski definition) is 1. The topological polar surface area (TPSA) is 9.23 Å². The molecule has 3 rings (SSSR count). The maximum absolute atomic E-state index is 6.63. The summed E-state index contributed by atoms with van der Waals surface area (Å²) in [6.45, 7) is 26.7. The summed E-state index contributed by atoms with van der Waals surface area (Å²) in [5, 5.41) is 0. The summed E-state index contributed by atoms with van der Waals surface area (Å²) in [6.07, 6.45) is 1.12. The minimum Gasteiger partial charge on any atom is -0.370 e. The Bertz CT molecular complexity index is 794. The van der Waals surface area contributed by atoms with Crippen LogP contribution in [0.25, 0.3) is 0 Å². The Balaban J connectivity index is 2.17. The van der Waals surface area contributed by atoms with Crippen LogP contribution in [0.2, 0.25) is 0 Å². The Kier molecular flexibility index (Phi) is 4.32. The van der Waals surface area contributed by atoms with E-state index in [1.807, 2.05) is 0 Å². The third-order valence-corrected chi connectivity index (χ3v) is 8.52. The van der Waals surface area contributed by atoms with Gasteiger partial charge in [0.2, 0.25) is 0 Å². The summed E-state index contributed by atoms with van der Waals surface area (Å²) in [7, 11) is 0. The lowest BCUT2D eigenvalue weighted by Gasteiger charge is -2.44. The van der Waals surface area contributed by atoms with E-state index >= 15 is 0 Å². The molecule has 144 valence electrons. The van der Waals surface area contributed by atoms with Crippen LogP contribution < -0.4 is 0 Å². The molecule has 0 aromatic rings. The van der Waals surface area contributed by atoms with Crippen LogP contribution in [0.1, 0.15) is 82.6 Å². The molecule has 1 aliphatic heterocycles. The largest absolute Gasteiger partial charge is 0.370 e. The molecule has 3 aliphatic rings. The summed E-state index contributed by atoms with van der Waals surface area (Å²) < 4.78 is 6.63. The third-order valence-electron chi connectivity index (χ3n) is 8.52. The molecular weight excluding hydrogens is 316 g/mol. The molecule has 1 nitrogen and oxygen atoms in total. The fraction of sp³-hybridized carbons (Fsp3) is 0.680. The van der Waals surface area contributed by atoms with Gasteiger partial charge in [-0.15, -0.1) is 0 Å². The Morgan fingerprint density at radius 1 is 0.692 bits per heavy atom. The molecule has 0 aromatic heterocycles. The predicted octanol–water partition coefficient (Wildman–Crippen LogP) is 7.17. The molecule has 0 bridgehead atoms. The van der Waals surface area contributed by atoms with Crippen molar-refractivity contribution in [1.29, 1.82) is 0 Å². The van der Waals surface area contributed by atoms with Crippen molar-refractivity contribution in [2.45, 2.75) is 88.2 Å². The van der Waals surface area contributed by atoms with Crippen LogP contribution in [0.15, 0.2) is 44.6 Å². The van der Waals surface area contributed by atoms with Gasteiger partial charge in [0.25, 0.3) is 0 Å². The molecule has 1 fully saturated rings. The lowest BCUT2D eigenvalue weighted by molar-refractivity contribution is 0.0188. The highest BCUT2D eigenvalue weighted by atomic mass is 16.5. The quantitative estimate of drug-likeness (QED) is 0.511. The smallest absolute Gasteiger partial charge is 0.0943 e. The van der Waals surface area contributed by atoms with E-state index < -0.39 is 0 Å². The zero-order valence-corrected chi connectivity index (χ0v) is 18.9. The van der Waals surface area contributed by atoms with Crippen LogP contribution in [0.5, 0.6) is 0 Å². The normalized spacial score (nSPS) is 34.0. The molecule has 0 radical (unpaired) electrons. The minimum absolute atomic E-state index is 0.0697. The third kappa shape index (κ3) is 2.25. The second-order valence-electron chi connectivity index (χ2n) is 10.1. The highest BCUT2D eigenvalue weighted by Gasteiger charge is 2.55. The van der Waals surface area contributed by atoms with Crippen molar-refractivity contribution in [3.05, 3.63) is 44.6 Å². The van der Waals surface area contributed by atoms with E-state index in [1.54, 1.807) is 5.57 Å². The van der Waals surface area contributed by atoms with E-state index in [-0.39, 0.29) is 16.4 Å². The van der Waals surface area contributed by atoms with Gasteiger partial charge in [-0.1, -0.05) is 44.4 Å². The molecule has 2 unspecified atom stereocenters. The van der Waals surface area contributed by atoms with Crippen molar-refractivity contribution in [3.63, 3.8) is 0 Å². The molecular formula is C25H38O. The molecule has 1 heteroatoms. The molecule has 0 aromatic carbocycles. The van der Waals surface area contributed by atoms with Gasteiger partial charge in [0.1, 0.15) is 0 Å². The fourth-order valence-corrected chi connectivity index (χ4v) is 6.34. The molecule has 1 heterocycles. The van der Waals surface area contributed by atoms with Crippen LogP contribution in [0.3, 0.4) is 0 Å². The van der Waals surface area contributed by atoms with Crippen LogP contribution >= 0.6 is 0 Å². The zero-order valence-electron chi connectivity index (χ0n) is 18.9. The maximum Gasteiger partial charge on any atom is 0.0943 e. The second kappa shape index (κ2) is 5.71. The Morgan fingerprint density at radius 3 is 1.62 bits per heavy atom. The fourth-order valence-electron chi connectivity index (χ4n) is 6.34. The van der Waals surface area contributed by atoms with Crippen LogP contribution in [0.4, 0.5) is 0 Å². The van der Waals surface area contributed by atoms with Gasteiger partial charge in [-0.3, -0.25) is 0 Å². The van der Waals surface area contributed by atoms with Crippen LogP contribution in [0, 0.1) is 16.7 Å². The standard InChI is InChI=1S/C25H38O/c1-14-16(3)21(23(7,8)18(14)5)20-12-13-26-25(20,11)22-17(4)15(2)19(6)24(22,9)10/h20H,12-13H2,1-11H3. The van der Waals surface area contributed by atoms with E-state index in [1.165, 1.54) is 39.0 Å². The average molecular weight is 355 g/mol. The number of ether oxygens (including phenoxy) is 1. The van der Waals surface area contributed by atoms with Gasteiger partial charge < -0.3 is 4.74 Å². The summed E-state index contributed by atoms with van der Waals surface area (Å²) in [5.41, 5.74) is 12.1. The highest BCUT2D eigenvalue weighted by molar-refractivity contribution is 5.57. The molecule has 0 saturated carbocycles. The number of hydrogen-bond donors (Lipinski definition) is 0. The zero-order chi connectivity index (χ0) is 19.8. The summed E-state index contributed by atoms with van der Waals surface area (Å²) in [4.78, 5) is 0. The van der Waals surface area contributed by atoms with E-state index in [0.717, 1.165) is 13.0 Å². The van der Waals surface area contributed by atoms with Crippen LogP contribution in [-0.2, 0) is 4.74 Å². The summed E-state index contributed by atoms with van der Waals surface area (Å²) >= 11 is 0. The van der Waals surface area contributed by atoms with Gasteiger partial charge >= 0.3 is 0 Å². The van der Waals surface area contributed by atoms with Crippen molar-refractivity contribution >= 4 is 0 Å². The van der Waals surface area contributed by atoms with Crippen molar-refractivity contribution < 1.29 is 4.74 Å². The Hall–Kier alpha value is -1.08. The van der Waals surface area contributed by atoms with Crippen molar-refractivity contribution in [2.75, 3.05) is 6.61 Å². The van der Waals surface area contributed by atoms with E-state index in [2.05, 4.69) is 76.2 Å². The summed E-state index contributed by atoms with van der Waals surface area (Å²) in [5.74, 6) is 0.452. The first-order valence-electron chi connectivity index (χ1n) is 10.2. The molecule has 0 amide bonds. The molecule has 2 aliphatic carbocycles. The SMILES string of the molecule is CC1=C(C)C(C)(C)C(C2CCOC2(C)C2=C(C)C(C)=C(C)C2(C)C)=C1C. The first-order chi connectivity index (χ1) is 11.8. The predicted molar refractivity (Wildman–Crippen MR) is 112 cm³/mol. The van der Waals surface area contributed by atoms with Gasteiger partial charge in [-0.2, -0.15) is 0 Å². The monoisotopic (exact) mass is 354 g/mol. The van der Waals surface area contributed by atoms with Crippen molar-refractivity contribution in [2.24, 2.45) is 16.7 Å². The van der Waals surface area contributed by atoms with Gasteiger partial charge in [-0.25, -0.2) is 0 Å². The molecule has 0 spiro atoms. The molecule has 2 atom stereocenters. The molecule has 1 saturated heterocycles. The minimum atomic E-state index is -0.217. The lowest BCUT2D eigenvalue weighted by Crippen LogP contribution is -2.42. The van der Waals surface area contributed by atoms with Crippen molar-refractivity contribution in [3.8, 4) is 0 Å². The Labute approximate surface area is 161 Å². The lowest BCUT2D eigenvalue weighted by atomic mass is 9.63. The molecule has 0 N–H and O–H groups in total. The van der Waals surface area contributed by atoms with Gasteiger partial charge in [0.05, 0.1) is 5.60 Å². The van der Waals surface area contributed by atoms with Crippen LogP contribution in [-0.4, -0.2) is 12.2 Å². The van der Waals surface area contributed by atoms with Gasteiger partial charge in [0, 0.05) is 23.4 Å². The van der Waals surface area contributed by atoms with E-state index in [4.69, 9.17) is 4.74 Å².